The van der Waals surface area contributed by atoms with E-state index >= 15 is 0 Å². The molecule has 1 aromatic heterocycles. The van der Waals surface area contributed by atoms with Crippen LogP contribution in [0.4, 0.5) is 5.69 Å². The molecule has 0 aliphatic carbocycles. The predicted molar refractivity (Wildman–Crippen MR) is 79.1 cm³/mol. The van der Waals surface area contributed by atoms with Crippen molar-refractivity contribution in [1.29, 1.82) is 0 Å². The van der Waals surface area contributed by atoms with E-state index in [1.165, 1.54) is 5.56 Å². The summed E-state index contributed by atoms with van der Waals surface area (Å²) in [7, 11) is 1.88. The van der Waals surface area contributed by atoms with Crippen molar-refractivity contribution in [3.63, 3.8) is 0 Å². The maximum atomic E-state index is 12.9. The maximum Gasteiger partial charge on any atom is 0.262 e. The Kier molecular flexibility index (Phi) is 2.89. The molecule has 0 saturated carbocycles. The lowest BCUT2D eigenvalue weighted by molar-refractivity contribution is 0.0980. The van der Waals surface area contributed by atoms with Gasteiger partial charge in [-0.3, -0.25) is 9.48 Å². The van der Waals surface area contributed by atoms with Gasteiger partial charge < -0.3 is 4.90 Å². The Bertz CT molecular complexity index is 687. The third kappa shape index (κ3) is 1.75. The Morgan fingerprint density at radius 1 is 1.30 bits per heavy atom. The van der Waals surface area contributed by atoms with Crippen LogP contribution in [0.15, 0.2) is 24.3 Å². The summed E-state index contributed by atoms with van der Waals surface area (Å²) in [6.07, 6.45) is 0.917. The van der Waals surface area contributed by atoms with Crippen molar-refractivity contribution in [3.05, 3.63) is 46.8 Å². The Morgan fingerprint density at radius 2 is 2.00 bits per heavy atom. The summed E-state index contributed by atoms with van der Waals surface area (Å²) in [5.74, 6) is 0.0607. The molecule has 1 aliphatic rings. The molecule has 2 aromatic rings. The number of amides is 1. The van der Waals surface area contributed by atoms with E-state index in [9.17, 15) is 4.79 Å². The zero-order chi connectivity index (χ0) is 14.4. The second-order valence-electron chi connectivity index (χ2n) is 5.53. The van der Waals surface area contributed by atoms with Gasteiger partial charge in [0.05, 0.1) is 11.3 Å². The minimum Gasteiger partial charge on any atom is -0.305 e. The zero-order valence-electron chi connectivity index (χ0n) is 12.3. The highest BCUT2D eigenvalue weighted by molar-refractivity contribution is 6.09. The van der Waals surface area contributed by atoms with Gasteiger partial charge in [0.15, 0.2) is 0 Å². The van der Waals surface area contributed by atoms with Crippen molar-refractivity contribution in [3.8, 4) is 0 Å². The Hall–Kier alpha value is -2.10. The van der Waals surface area contributed by atoms with Crippen LogP contribution in [0.3, 0.4) is 0 Å². The van der Waals surface area contributed by atoms with Crippen molar-refractivity contribution < 1.29 is 4.79 Å². The standard InChI is InChI=1S/C16H19N3O/c1-10-9-13-7-5-6-8-14(13)19(10)16(20)15-11(2)17-18(4)12(15)3/h5-8,10H,9H2,1-4H3/t10-/m0/s1. The Labute approximate surface area is 119 Å². The van der Waals surface area contributed by atoms with Crippen LogP contribution in [0.1, 0.15) is 34.2 Å². The van der Waals surface area contributed by atoms with Crippen molar-refractivity contribution in [1.82, 2.24) is 9.78 Å². The second kappa shape index (κ2) is 4.47. The molecule has 0 bridgehead atoms. The first kappa shape index (κ1) is 12.9. The highest BCUT2D eigenvalue weighted by atomic mass is 16.2. The number of anilines is 1. The number of hydrogen-bond donors (Lipinski definition) is 0. The summed E-state index contributed by atoms with van der Waals surface area (Å²) in [5.41, 5.74) is 4.73. The summed E-state index contributed by atoms with van der Waals surface area (Å²) in [6, 6.07) is 8.33. The van der Waals surface area contributed by atoms with Crippen LogP contribution >= 0.6 is 0 Å². The summed E-state index contributed by atoms with van der Waals surface area (Å²) >= 11 is 0. The normalized spacial score (nSPS) is 17.4. The van der Waals surface area contributed by atoms with Crippen LogP contribution in [-0.2, 0) is 13.5 Å². The van der Waals surface area contributed by atoms with E-state index in [4.69, 9.17) is 0 Å². The number of fused-ring (bicyclic) bond motifs is 1. The van der Waals surface area contributed by atoms with Gasteiger partial charge in [0, 0.05) is 24.5 Å². The molecular weight excluding hydrogens is 250 g/mol. The van der Waals surface area contributed by atoms with Gasteiger partial charge in [-0.2, -0.15) is 5.10 Å². The van der Waals surface area contributed by atoms with Crippen LogP contribution in [0.25, 0.3) is 0 Å². The lowest BCUT2D eigenvalue weighted by Gasteiger charge is -2.23. The van der Waals surface area contributed by atoms with Gasteiger partial charge in [-0.1, -0.05) is 18.2 Å². The number of para-hydroxylation sites is 1. The fraction of sp³-hybridized carbons (Fsp3) is 0.375. The third-order valence-corrected chi connectivity index (χ3v) is 4.15. The first-order chi connectivity index (χ1) is 9.50. The van der Waals surface area contributed by atoms with Gasteiger partial charge in [-0.15, -0.1) is 0 Å². The highest BCUT2D eigenvalue weighted by Crippen LogP contribution is 2.33. The predicted octanol–water partition coefficient (Wildman–Crippen LogP) is 2.63. The first-order valence-electron chi connectivity index (χ1n) is 6.92. The quantitative estimate of drug-likeness (QED) is 0.798. The lowest BCUT2D eigenvalue weighted by Crippen LogP contribution is -2.36. The number of hydrogen-bond acceptors (Lipinski definition) is 2. The van der Waals surface area contributed by atoms with Gasteiger partial charge in [0.2, 0.25) is 0 Å². The molecule has 1 amide bonds. The van der Waals surface area contributed by atoms with Gasteiger partial charge in [-0.25, -0.2) is 0 Å². The molecule has 2 heterocycles. The molecule has 0 unspecified atom stereocenters. The SMILES string of the molecule is Cc1nn(C)c(C)c1C(=O)N1c2ccccc2C[C@@H]1C. The smallest absolute Gasteiger partial charge is 0.262 e. The van der Waals surface area contributed by atoms with Gasteiger partial charge in [0.25, 0.3) is 5.91 Å². The molecule has 4 heteroatoms. The van der Waals surface area contributed by atoms with E-state index < -0.39 is 0 Å². The molecule has 0 spiro atoms. The molecule has 0 N–H and O–H groups in total. The Morgan fingerprint density at radius 3 is 2.65 bits per heavy atom. The highest BCUT2D eigenvalue weighted by Gasteiger charge is 2.33. The Balaban J connectivity index is 2.07. The lowest BCUT2D eigenvalue weighted by atomic mass is 10.1. The summed E-state index contributed by atoms with van der Waals surface area (Å²) in [4.78, 5) is 14.9. The minimum absolute atomic E-state index is 0.0607. The number of aromatic nitrogens is 2. The van der Waals surface area contributed by atoms with Gasteiger partial charge in [0.1, 0.15) is 0 Å². The zero-order valence-corrected chi connectivity index (χ0v) is 12.3. The van der Waals surface area contributed by atoms with Crippen LogP contribution in [0, 0.1) is 13.8 Å². The molecule has 3 rings (SSSR count). The number of carbonyl (C=O) groups is 1. The second-order valence-corrected chi connectivity index (χ2v) is 5.53. The number of nitrogens with zero attached hydrogens (tertiary/aromatic N) is 3. The number of benzene rings is 1. The molecule has 20 heavy (non-hydrogen) atoms. The molecule has 0 saturated heterocycles. The fourth-order valence-electron chi connectivity index (χ4n) is 3.08. The van der Waals surface area contributed by atoms with Crippen molar-refractivity contribution >= 4 is 11.6 Å². The largest absolute Gasteiger partial charge is 0.305 e. The number of aryl methyl sites for hydroxylation is 2. The molecule has 0 radical (unpaired) electrons. The summed E-state index contributed by atoms with van der Waals surface area (Å²) in [5, 5.41) is 4.35. The molecule has 0 fully saturated rings. The first-order valence-corrected chi connectivity index (χ1v) is 6.92. The fourth-order valence-corrected chi connectivity index (χ4v) is 3.08. The van der Waals surface area contributed by atoms with E-state index in [2.05, 4.69) is 18.1 Å². The van der Waals surface area contributed by atoms with Crippen molar-refractivity contribution in [2.75, 3.05) is 4.90 Å². The maximum absolute atomic E-state index is 12.9. The molecule has 104 valence electrons. The topological polar surface area (TPSA) is 38.1 Å². The van der Waals surface area contributed by atoms with Crippen molar-refractivity contribution in [2.45, 2.75) is 33.2 Å². The molecule has 1 aromatic carbocycles. The van der Waals surface area contributed by atoms with Gasteiger partial charge >= 0.3 is 0 Å². The average Bonchev–Trinajstić information content (AvgIpc) is 2.85. The van der Waals surface area contributed by atoms with Crippen LogP contribution < -0.4 is 4.90 Å². The summed E-state index contributed by atoms with van der Waals surface area (Å²) < 4.78 is 1.77. The van der Waals surface area contributed by atoms with E-state index in [1.54, 1.807) is 4.68 Å². The van der Waals surface area contributed by atoms with E-state index in [-0.39, 0.29) is 11.9 Å². The van der Waals surface area contributed by atoms with Gasteiger partial charge in [-0.05, 0) is 38.8 Å². The van der Waals surface area contributed by atoms with Crippen LogP contribution in [0.2, 0.25) is 0 Å². The van der Waals surface area contributed by atoms with Crippen LogP contribution in [0.5, 0.6) is 0 Å². The van der Waals surface area contributed by atoms with E-state index in [1.807, 2.05) is 44.0 Å². The minimum atomic E-state index is 0.0607. The van der Waals surface area contributed by atoms with Crippen molar-refractivity contribution in [2.24, 2.45) is 7.05 Å². The molecule has 1 aliphatic heterocycles. The number of rotatable bonds is 1. The molecule has 4 nitrogen and oxygen atoms in total. The van der Waals surface area contributed by atoms with Crippen LogP contribution in [-0.4, -0.2) is 21.7 Å². The monoisotopic (exact) mass is 269 g/mol. The molecular formula is C16H19N3O. The summed E-state index contributed by atoms with van der Waals surface area (Å²) in [6.45, 7) is 5.94. The van der Waals surface area contributed by atoms with E-state index in [0.29, 0.717) is 0 Å². The molecule has 1 atom stereocenters. The third-order valence-electron chi connectivity index (χ3n) is 4.15. The number of carbonyl (C=O) groups excluding carboxylic acids is 1. The van der Waals surface area contributed by atoms with E-state index in [0.717, 1.165) is 29.1 Å². The average molecular weight is 269 g/mol.